The second kappa shape index (κ2) is 8.02. The molecule has 0 bridgehead atoms. The van der Waals surface area contributed by atoms with E-state index in [9.17, 15) is 26.3 Å². The number of aromatic nitrogens is 4. The Balaban J connectivity index is 1.76. The minimum Gasteiger partial charge on any atom is -0.252 e. The second-order valence-corrected chi connectivity index (χ2v) is 7.83. The molecule has 0 fully saturated rings. The summed E-state index contributed by atoms with van der Waals surface area (Å²) in [6, 6.07) is 10.8. The first kappa shape index (κ1) is 22.5. The average molecular weight is 462 g/mol. The zero-order valence-electron chi connectivity index (χ0n) is 17.3. The molecule has 10 heteroatoms. The Bertz CT molecular complexity index is 1330. The van der Waals surface area contributed by atoms with Crippen molar-refractivity contribution in [2.75, 3.05) is 0 Å². The fourth-order valence-corrected chi connectivity index (χ4v) is 3.29. The van der Waals surface area contributed by atoms with Crippen molar-refractivity contribution in [2.24, 2.45) is 0 Å². The highest BCUT2D eigenvalue weighted by atomic mass is 19.4. The predicted molar refractivity (Wildman–Crippen MR) is 108 cm³/mol. The van der Waals surface area contributed by atoms with Crippen LogP contribution in [0.1, 0.15) is 30.9 Å². The number of rotatable bonds is 4. The van der Waals surface area contributed by atoms with Crippen molar-refractivity contribution < 1.29 is 26.3 Å². The molecule has 0 N–H and O–H groups in total. The SMILES string of the molecule is CC(C)(c1cccc(-c2ccc(F)cc2F)n1)c1cc(F)cc(-n2ccc(C(F)(F)F)n2)n1. The van der Waals surface area contributed by atoms with Crippen LogP contribution in [0.3, 0.4) is 0 Å². The molecule has 33 heavy (non-hydrogen) atoms. The van der Waals surface area contributed by atoms with Gasteiger partial charge in [-0.1, -0.05) is 6.07 Å². The van der Waals surface area contributed by atoms with Gasteiger partial charge >= 0.3 is 6.18 Å². The smallest absolute Gasteiger partial charge is 0.252 e. The molecular weight excluding hydrogens is 446 g/mol. The highest BCUT2D eigenvalue weighted by molar-refractivity contribution is 5.60. The number of hydrogen-bond donors (Lipinski definition) is 0. The van der Waals surface area contributed by atoms with Crippen molar-refractivity contribution in [1.82, 2.24) is 19.7 Å². The van der Waals surface area contributed by atoms with Crippen molar-refractivity contribution in [3.05, 3.63) is 95.3 Å². The van der Waals surface area contributed by atoms with E-state index in [1.54, 1.807) is 32.0 Å². The Kier molecular flexibility index (Phi) is 5.47. The van der Waals surface area contributed by atoms with Gasteiger partial charge in [0.1, 0.15) is 17.5 Å². The fraction of sp³-hybridized carbons (Fsp3) is 0.174. The number of hydrogen-bond acceptors (Lipinski definition) is 3. The maximum Gasteiger partial charge on any atom is 0.435 e. The summed E-state index contributed by atoms with van der Waals surface area (Å²) in [7, 11) is 0. The minimum atomic E-state index is -4.65. The van der Waals surface area contributed by atoms with Crippen LogP contribution in [0.15, 0.2) is 60.8 Å². The third-order valence-corrected chi connectivity index (χ3v) is 5.13. The van der Waals surface area contributed by atoms with Crippen molar-refractivity contribution in [3.63, 3.8) is 0 Å². The third-order valence-electron chi connectivity index (χ3n) is 5.13. The van der Waals surface area contributed by atoms with Crippen molar-refractivity contribution in [2.45, 2.75) is 25.4 Å². The maximum atomic E-state index is 14.4. The van der Waals surface area contributed by atoms with Gasteiger partial charge in [0, 0.05) is 29.3 Å². The van der Waals surface area contributed by atoms with E-state index < -0.39 is 34.7 Å². The maximum absolute atomic E-state index is 14.4. The number of halogens is 6. The summed E-state index contributed by atoms with van der Waals surface area (Å²) in [5, 5.41) is 3.43. The molecule has 0 saturated carbocycles. The summed E-state index contributed by atoms with van der Waals surface area (Å²) < 4.78 is 81.4. The highest BCUT2D eigenvalue weighted by Gasteiger charge is 2.34. The third kappa shape index (κ3) is 4.46. The Morgan fingerprint density at radius 2 is 1.52 bits per heavy atom. The lowest BCUT2D eigenvalue weighted by molar-refractivity contribution is -0.141. The molecule has 0 spiro atoms. The van der Waals surface area contributed by atoms with E-state index in [0.29, 0.717) is 5.69 Å². The quantitative estimate of drug-likeness (QED) is 0.345. The molecule has 0 saturated heterocycles. The van der Waals surface area contributed by atoms with Crippen molar-refractivity contribution >= 4 is 0 Å². The van der Waals surface area contributed by atoms with Gasteiger partial charge in [0.05, 0.1) is 17.1 Å². The molecule has 170 valence electrons. The van der Waals surface area contributed by atoms with Crippen LogP contribution in [-0.2, 0) is 11.6 Å². The van der Waals surface area contributed by atoms with E-state index in [-0.39, 0.29) is 22.8 Å². The molecular formula is C23H16F6N4. The standard InChI is InChI=1S/C23H16F6N4/c1-22(2,18-5-3-4-17(30-18)15-7-6-13(24)10-16(15)26)20-11-14(25)12-21(31-20)33-9-8-19(32-33)23(27,28)29/h3-12H,1-2H3. The predicted octanol–water partition coefficient (Wildman–Crippen LogP) is 6.09. The summed E-state index contributed by atoms with van der Waals surface area (Å²) in [4.78, 5) is 8.76. The van der Waals surface area contributed by atoms with Gasteiger partial charge in [0.2, 0.25) is 0 Å². The molecule has 0 radical (unpaired) electrons. The van der Waals surface area contributed by atoms with Crippen LogP contribution in [0, 0.1) is 17.5 Å². The first-order valence-corrected chi connectivity index (χ1v) is 9.69. The normalized spacial score (nSPS) is 12.2. The lowest BCUT2D eigenvalue weighted by Gasteiger charge is -2.25. The van der Waals surface area contributed by atoms with Crippen LogP contribution in [-0.4, -0.2) is 19.7 Å². The van der Waals surface area contributed by atoms with E-state index in [0.717, 1.165) is 41.2 Å². The summed E-state index contributed by atoms with van der Waals surface area (Å²) >= 11 is 0. The Labute approximate surface area is 184 Å². The zero-order chi connectivity index (χ0) is 24.0. The van der Waals surface area contributed by atoms with Crippen LogP contribution in [0.2, 0.25) is 0 Å². The molecule has 0 aliphatic heterocycles. The molecule has 0 atom stereocenters. The number of benzene rings is 1. The van der Waals surface area contributed by atoms with E-state index >= 15 is 0 Å². The van der Waals surface area contributed by atoms with E-state index in [1.807, 2.05) is 0 Å². The van der Waals surface area contributed by atoms with Gasteiger partial charge in [0.15, 0.2) is 11.5 Å². The molecule has 3 heterocycles. The Hall–Kier alpha value is -3.69. The van der Waals surface area contributed by atoms with Crippen LogP contribution >= 0.6 is 0 Å². The number of nitrogens with zero attached hydrogens (tertiary/aromatic N) is 4. The topological polar surface area (TPSA) is 43.6 Å². The van der Waals surface area contributed by atoms with E-state index in [1.165, 1.54) is 6.07 Å². The zero-order valence-corrected chi connectivity index (χ0v) is 17.3. The highest BCUT2D eigenvalue weighted by Crippen LogP contribution is 2.33. The van der Waals surface area contributed by atoms with Crippen LogP contribution < -0.4 is 0 Å². The number of pyridine rings is 2. The van der Waals surface area contributed by atoms with Gasteiger partial charge in [-0.25, -0.2) is 22.8 Å². The molecule has 3 aromatic heterocycles. The molecule has 4 rings (SSSR count). The molecule has 0 unspecified atom stereocenters. The Morgan fingerprint density at radius 1 is 0.758 bits per heavy atom. The summed E-state index contributed by atoms with van der Waals surface area (Å²) in [5.41, 5.74) is -1.28. The lowest BCUT2D eigenvalue weighted by atomic mass is 9.84. The van der Waals surface area contributed by atoms with E-state index in [2.05, 4.69) is 15.1 Å². The second-order valence-electron chi connectivity index (χ2n) is 7.83. The van der Waals surface area contributed by atoms with E-state index in [4.69, 9.17) is 0 Å². The monoisotopic (exact) mass is 462 g/mol. The summed E-state index contributed by atoms with van der Waals surface area (Å²) in [6.45, 7) is 3.38. The van der Waals surface area contributed by atoms with Crippen molar-refractivity contribution in [3.8, 4) is 17.1 Å². The van der Waals surface area contributed by atoms with Gasteiger partial charge in [-0.3, -0.25) is 4.98 Å². The Morgan fingerprint density at radius 3 is 2.18 bits per heavy atom. The first-order chi connectivity index (χ1) is 15.4. The molecule has 1 aromatic carbocycles. The summed E-state index contributed by atoms with van der Waals surface area (Å²) in [6.07, 6.45) is -3.61. The van der Waals surface area contributed by atoms with Crippen LogP contribution in [0.5, 0.6) is 0 Å². The largest absolute Gasteiger partial charge is 0.435 e. The average Bonchev–Trinajstić information content (AvgIpc) is 3.24. The van der Waals surface area contributed by atoms with Crippen molar-refractivity contribution in [1.29, 1.82) is 0 Å². The minimum absolute atomic E-state index is 0.0816. The van der Waals surface area contributed by atoms with Gasteiger partial charge in [-0.05, 0) is 50.2 Å². The molecule has 4 nitrogen and oxygen atoms in total. The number of alkyl halides is 3. The lowest BCUT2D eigenvalue weighted by Crippen LogP contribution is -2.23. The fourth-order valence-electron chi connectivity index (χ4n) is 3.29. The van der Waals surface area contributed by atoms with Gasteiger partial charge < -0.3 is 0 Å². The first-order valence-electron chi connectivity index (χ1n) is 9.69. The molecule has 4 aromatic rings. The molecule has 0 amide bonds. The van der Waals surface area contributed by atoms with Gasteiger partial charge in [-0.2, -0.15) is 18.3 Å². The molecule has 0 aliphatic rings. The van der Waals surface area contributed by atoms with Gasteiger partial charge in [-0.15, -0.1) is 0 Å². The van der Waals surface area contributed by atoms with Crippen LogP contribution in [0.25, 0.3) is 17.1 Å². The van der Waals surface area contributed by atoms with Gasteiger partial charge in [0.25, 0.3) is 0 Å². The summed E-state index contributed by atoms with van der Waals surface area (Å²) in [5.74, 6) is -2.39. The molecule has 0 aliphatic carbocycles. The van der Waals surface area contributed by atoms with Crippen LogP contribution in [0.4, 0.5) is 26.3 Å².